The van der Waals surface area contributed by atoms with Crippen LogP contribution in [0.5, 0.6) is 0 Å². The Morgan fingerprint density at radius 1 is 1.18 bits per heavy atom. The molecule has 0 spiro atoms. The minimum Gasteiger partial charge on any atom is -0.459 e. The highest BCUT2D eigenvalue weighted by atomic mass is 32.2. The Morgan fingerprint density at radius 3 is 2.58 bits per heavy atom. The van der Waals surface area contributed by atoms with E-state index in [1.165, 1.54) is 22.0 Å². The van der Waals surface area contributed by atoms with Gasteiger partial charge in [-0.15, -0.1) is 11.8 Å². The number of nitro groups is 1. The maximum Gasteiger partial charge on any atom is 0.338 e. The number of para-hydroxylation sites is 1. The Morgan fingerprint density at radius 2 is 1.90 bits per heavy atom. The number of ether oxygens (including phenoxy) is 1. The molecule has 1 atom stereocenters. The standard InChI is InChI=1S/C29H25N3O6S2/c1-16(2)37-28(34)25-17(3)30-29-31(26(25)18-9-12-20(39-4)13-10-18)27(33)24(40-29)15-19-11-14-23(38-19)21-7-5-6-8-22(21)32(35)36/h5-16,26H,1-4H3/b24-15-/t26-/m0/s1. The van der Waals surface area contributed by atoms with Crippen LogP contribution in [0.4, 0.5) is 5.69 Å². The quantitative estimate of drug-likeness (QED) is 0.131. The van der Waals surface area contributed by atoms with Crippen molar-refractivity contribution in [2.24, 2.45) is 4.99 Å². The van der Waals surface area contributed by atoms with Crippen LogP contribution in [0, 0.1) is 10.1 Å². The normalized spacial score (nSPS) is 15.2. The first-order valence-electron chi connectivity index (χ1n) is 12.4. The van der Waals surface area contributed by atoms with Gasteiger partial charge in [-0.2, -0.15) is 0 Å². The fraction of sp³-hybridized carbons (Fsp3) is 0.207. The molecule has 0 N–H and O–H groups in total. The maximum atomic E-state index is 13.8. The van der Waals surface area contributed by atoms with Crippen molar-refractivity contribution < 1.29 is 18.9 Å². The number of rotatable bonds is 7. The van der Waals surface area contributed by atoms with Crippen LogP contribution in [0.2, 0.25) is 0 Å². The molecule has 3 heterocycles. The number of furan rings is 1. The molecule has 0 bridgehead atoms. The van der Waals surface area contributed by atoms with E-state index in [2.05, 4.69) is 4.99 Å². The summed E-state index contributed by atoms with van der Waals surface area (Å²) in [5.41, 5.74) is 1.47. The van der Waals surface area contributed by atoms with Crippen LogP contribution in [0.1, 0.15) is 38.1 Å². The number of thioether (sulfide) groups is 1. The van der Waals surface area contributed by atoms with Gasteiger partial charge in [-0.05, 0) is 62.9 Å². The molecular weight excluding hydrogens is 550 g/mol. The molecule has 0 unspecified atom stereocenters. The van der Waals surface area contributed by atoms with Crippen molar-refractivity contribution in [3.8, 4) is 11.3 Å². The van der Waals surface area contributed by atoms with Gasteiger partial charge in [-0.25, -0.2) is 9.79 Å². The molecule has 0 fully saturated rings. The number of fused-ring (bicyclic) bond motifs is 1. The van der Waals surface area contributed by atoms with Crippen molar-refractivity contribution in [3.63, 3.8) is 0 Å². The molecule has 0 saturated carbocycles. The average molecular weight is 576 g/mol. The molecule has 1 aliphatic heterocycles. The van der Waals surface area contributed by atoms with Gasteiger partial charge in [0, 0.05) is 17.0 Å². The molecule has 0 radical (unpaired) electrons. The molecule has 0 aliphatic carbocycles. The number of benzene rings is 2. The SMILES string of the molecule is CSc1ccc([C@H]2C(C(=O)OC(C)C)=C(C)N=c3s/c(=C\c4ccc(-c5ccccc5[N+](=O)[O-])o4)c(=O)n32)cc1. The van der Waals surface area contributed by atoms with Crippen LogP contribution in [0.15, 0.2) is 91.0 Å². The molecule has 0 saturated heterocycles. The lowest BCUT2D eigenvalue weighted by Crippen LogP contribution is -2.40. The van der Waals surface area contributed by atoms with Crippen LogP contribution in [-0.2, 0) is 9.53 Å². The van der Waals surface area contributed by atoms with Gasteiger partial charge in [0.2, 0.25) is 0 Å². The summed E-state index contributed by atoms with van der Waals surface area (Å²) in [4.78, 5) is 44.1. The molecule has 40 heavy (non-hydrogen) atoms. The van der Waals surface area contributed by atoms with E-state index in [1.54, 1.807) is 68.9 Å². The number of allylic oxidation sites excluding steroid dienone is 1. The minimum absolute atomic E-state index is 0.0773. The number of esters is 1. The lowest BCUT2D eigenvalue weighted by Gasteiger charge is -2.25. The summed E-state index contributed by atoms with van der Waals surface area (Å²) in [5, 5.41) is 11.5. The van der Waals surface area contributed by atoms with E-state index < -0.39 is 16.9 Å². The molecule has 2 aromatic heterocycles. The summed E-state index contributed by atoms with van der Waals surface area (Å²) in [6.07, 6.45) is 3.22. The van der Waals surface area contributed by atoms with E-state index in [0.29, 0.717) is 37.7 Å². The summed E-state index contributed by atoms with van der Waals surface area (Å²) in [5.74, 6) is 0.145. The summed E-state index contributed by atoms with van der Waals surface area (Å²) in [6.45, 7) is 5.28. The fourth-order valence-electron chi connectivity index (χ4n) is 4.51. The highest BCUT2D eigenvalue weighted by molar-refractivity contribution is 7.98. The van der Waals surface area contributed by atoms with Crippen molar-refractivity contribution in [3.05, 3.63) is 113 Å². The number of hydrogen-bond acceptors (Lipinski definition) is 9. The summed E-state index contributed by atoms with van der Waals surface area (Å²) in [7, 11) is 0. The predicted molar refractivity (Wildman–Crippen MR) is 154 cm³/mol. The number of aromatic nitrogens is 1. The van der Waals surface area contributed by atoms with Crippen molar-refractivity contribution >= 4 is 40.8 Å². The van der Waals surface area contributed by atoms with Crippen molar-refractivity contribution in [1.29, 1.82) is 0 Å². The zero-order valence-corrected chi connectivity index (χ0v) is 23.7. The third kappa shape index (κ3) is 5.17. The Hall–Kier alpha value is -4.22. The van der Waals surface area contributed by atoms with Gasteiger partial charge in [0.25, 0.3) is 11.2 Å². The van der Waals surface area contributed by atoms with E-state index in [4.69, 9.17) is 9.15 Å². The zero-order chi connectivity index (χ0) is 28.6. The van der Waals surface area contributed by atoms with Crippen LogP contribution in [0.25, 0.3) is 17.4 Å². The second-order valence-electron chi connectivity index (χ2n) is 9.29. The molecule has 11 heteroatoms. The molecule has 2 aromatic carbocycles. The fourth-order valence-corrected chi connectivity index (χ4v) is 5.94. The van der Waals surface area contributed by atoms with E-state index in [-0.39, 0.29) is 17.4 Å². The Kier molecular flexibility index (Phi) is 7.59. The number of carbonyl (C=O) groups excluding carboxylic acids is 1. The third-order valence-electron chi connectivity index (χ3n) is 6.28. The minimum atomic E-state index is -0.723. The molecule has 9 nitrogen and oxygen atoms in total. The van der Waals surface area contributed by atoms with E-state index >= 15 is 0 Å². The van der Waals surface area contributed by atoms with Gasteiger partial charge >= 0.3 is 5.97 Å². The van der Waals surface area contributed by atoms with Crippen LogP contribution in [0.3, 0.4) is 0 Å². The third-order valence-corrected chi connectivity index (χ3v) is 8.01. The van der Waals surface area contributed by atoms with E-state index in [0.717, 1.165) is 10.5 Å². The number of thiazole rings is 1. The van der Waals surface area contributed by atoms with E-state index in [9.17, 15) is 19.7 Å². The average Bonchev–Trinajstić information content (AvgIpc) is 3.51. The maximum absolute atomic E-state index is 13.8. The van der Waals surface area contributed by atoms with Crippen molar-refractivity contribution in [2.75, 3.05) is 6.26 Å². The highest BCUT2D eigenvalue weighted by Crippen LogP contribution is 2.33. The van der Waals surface area contributed by atoms with E-state index in [1.807, 2.05) is 30.5 Å². The molecule has 1 aliphatic rings. The predicted octanol–water partition coefficient (Wildman–Crippen LogP) is 5.08. The molecule has 5 rings (SSSR count). The van der Waals surface area contributed by atoms with Crippen LogP contribution < -0.4 is 14.9 Å². The molecule has 204 valence electrons. The Bertz CT molecular complexity index is 1830. The highest BCUT2D eigenvalue weighted by Gasteiger charge is 2.33. The van der Waals surface area contributed by atoms with Gasteiger partial charge in [0.15, 0.2) is 4.80 Å². The Balaban J connectivity index is 1.63. The first-order chi connectivity index (χ1) is 19.2. The van der Waals surface area contributed by atoms with Crippen molar-refractivity contribution in [2.45, 2.75) is 37.8 Å². The first kappa shape index (κ1) is 27.4. The van der Waals surface area contributed by atoms with Gasteiger partial charge in [0.1, 0.15) is 11.5 Å². The zero-order valence-electron chi connectivity index (χ0n) is 22.1. The molecule has 0 amide bonds. The summed E-state index contributed by atoms with van der Waals surface area (Å²) < 4.78 is 13.3. The number of hydrogen-bond donors (Lipinski definition) is 0. The van der Waals surface area contributed by atoms with Gasteiger partial charge in [-0.3, -0.25) is 19.5 Å². The number of nitrogens with zero attached hydrogens (tertiary/aromatic N) is 3. The number of carbonyl (C=O) groups is 1. The first-order valence-corrected chi connectivity index (χ1v) is 14.4. The van der Waals surface area contributed by atoms with Crippen LogP contribution in [-0.4, -0.2) is 27.8 Å². The lowest BCUT2D eigenvalue weighted by atomic mass is 9.96. The van der Waals surface area contributed by atoms with Crippen molar-refractivity contribution in [1.82, 2.24) is 4.57 Å². The second-order valence-corrected chi connectivity index (χ2v) is 11.2. The summed E-state index contributed by atoms with van der Waals surface area (Å²) in [6, 6.07) is 16.6. The second kappa shape index (κ2) is 11.1. The Labute approximate surface area is 237 Å². The summed E-state index contributed by atoms with van der Waals surface area (Å²) >= 11 is 2.77. The van der Waals surface area contributed by atoms with Gasteiger partial charge < -0.3 is 9.15 Å². The van der Waals surface area contributed by atoms with Gasteiger partial charge in [0.05, 0.1) is 38.4 Å². The largest absolute Gasteiger partial charge is 0.459 e. The lowest BCUT2D eigenvalue weighted by molar-refractivity contribution is -0.384. The van der Waals surface area contributed by atoms with Gasteiger partial charge in [-0.1, -0.05) is 35.6 Å². The molecule has 4 aromatic rings. The molecular formula is C29H25N3O6S2. The smallest absolute Gasteiger partial charge is 0.338 e. The topological polar surface area (TPSA) is 117 Å². The monoisotopic (exact) mass is 575 g/mol. The van der Waals surface area contributed by atoms with Crippen LogP contribution >= 0.6 is 23.1 Å². The number of nitro benzene ring substituents is 1.